The maximum absolute atomic E-state index is 12.3. The third kappa shape index (κ3) is 2.94. The number of hydrogen-bond donors (Lipinski definition) is 0. The second-order valence-electron chi connectivity index (χ2n) is 4.73. The van der Waals surface area contributed by atoms with Crippen molar-refractivity contribution in [2.24, 2.45) is 4.99 Å². The molecule has 106 valence electrons. The van der Waals surface area contributed by atoms with Gasteiger partial charge >= 0.3 is 0 Å². The zero-order valence-corrected chi connectivity index (χ0v) is 12.6. The molecule has 1 aliphatic rings. The fraction of sp³-hybridized carbons (Fsp3) is 0.125. The van der Waals surface area contributed by atoms with E-state index in [9.17, 15) is 4.79 Å². The summed E-state index contributed by atoms with van der Waals surface area (Å²) in [4.78, 5) is 18.1. The summed E-state index contributed by atoms with van der Waals surface area (Å²) in [5.74, 6) is -0.0851. The molecule has 3 nitrogen and oxygen atoms in total. The van der Waals surface area contributed by atoms with E-state index in [4.69, 9.17) is 23.2 Å². The number of carbonyl (C=O) groups is 1. The molecular formula is C16H12Cl2N2O. The third-order valence-electron chi connectivity index (χ3n) is 3.31. The molecule has 0 saturated carbocycles. The number of hydrogen-bond acceptors (Lipinski definition) is 2. The van der Waals surface area contributed by atoms with Crippen molar-refractivity contribution in [3.63, 3.8) is 0 Å². The van der Waals surface area contributed by atoms with Gasteiger partial charge in [-0.3, -0.25) is 9.79 Å². The van der Waals surface area contributed by atoms with Crippen molar-refractivity contribution in [1.29, 1.82) is 0 Å². The number of fused-ring (bicyclic) bond motifs is 1. The highest BCUT2D eigenvalue weighted by molar-refractivity contribution is 6.70. The number of anilines is 1. The van der Waals surface area contributed by atoms with Crippen LogP contribution in [0.3, 0.4) is 0 Å². The van der Waals surface area contributed by atoms with E-state index in [1.165, 1.54) is 0 Å². The first-order valence-corrected chi connectivity index (χ1v) is 7.25. The van der Waals surface area contributed by atoms with Gasteiger partial charge in [0.05, 0.1) is 12.2 Å². The molecule has 0 fully saturated rings. The monoisotopic (exact) mass is 318 g/mol. The standard InChI is InChI=1S/C16H12Cl2N2O/c17-12-6-7-14-13(8-12)16(18)19-9-15(21)20(14)10-11-4-2-1-3-5-11/h1-8H,9-10H2. The molecular weight excluding hydrogens is 307 g/mol. The Morgan fingerprint density at radius 3 is 2.62 bits per heavy atom. The van der Waals surface area contributed by atoms with Crippen molar-refractivity contribution in [3.8, 4) is 0 Å². The lowest BCUT2D eigenvalue weighted by Gasteiger charge is -2.23. The van der Waals surface area contributed by atoms with E-state index in [1.54, 1.807) is 17.0 Å². The van der Waals surface area contributed by atoms with E-state index in [0.29, 0.717) is 22.3 Å². The maximum atomic E-state index is 12.3. The number of carbonyl (C=O) groups excluding carboxylic acids is 1. The SMILES string of the molecule is O=C1CN=C(Cl)c2cc(Cl)ccc2N1Cc1ccccc1. The van der Waals surface area contributed by atoms with Crippen molar-refractivity contribution in [2.75, 3.05) is 11.4 Å². The Balaban J connectivity index is 2.04. The number of rotatable bonds is 2. The zero-order valence-electron chi connectivity index (χ0n) is 11.1. The van der Waals surface area contributed by atoms with Gasteiger partial charge in [-0.25, -0.2) is 0 Å². The zero-order chi connectivity index (χ0) is 14.8. The molecule has 0 bridgehead atoms. The van der Waals surface area contributed by atoms with Crippen LogP contribution in [-0.4, -0.2) is 17.6 Å². The van der Waals surface area contributed by atoms with Gasteiger partial charge in [0.1, 0.15) is 11.7 Å². The molecule has 0 spiro atoms. The molecule has 1 heterocycles. The van der Waals surface area contributed by atoms with Crippen LogP contribution in [0.25, 0.3) is 0 Å². The molecule has 5 heteroatoms. The van der Waals surface area contributed by atoms with Crippen LogP contribution in [0.4, 0.5) is 5.69 Å². The van der Waals surface area contributed by atoms with E-state index in [2.05, 4.69) is 4.99 Å². The summed E-state index contributed by atoms with van der Waals surface area (Å²) in [6, 6.07) is 15.1. The number of amides is 1. The predicted octanol–water partition coefficient (Wildman–Crippen LogP) is 3.87. The van der Waals surface area contributed by atoms with Crippen LogP contribution in [0, 0.1) is 0 Å². The Kier molecular flexibility index (Phi) is 3.95. The molecule has 2 aromatic rings. The topological polar surface area (TPSA) is 32.7 Å². The molecule has 0 aliphatic carbocycles. The van der Waals surface area contributed by atoms with Crippen LogP contribution in [0.2, 0.25) is 5.02 Å². The quantitative estimate of drug-likeness (QED) is 0.827. The molecule has 0 saturated heterocycles. The molecule has 0 unspecified atom stereocenters. The number of benzene rings is 2. The van der Waals surface area contributed by atoms with Gasteiger partial charge in [-0.1, -0.05) is 53.5 Å². The van der Waals surface area contributed by atoms with Gasteiger partial charge in [0, 0.05) is 10.6 Å². The minimum atomic E-state index is -0.0851. The summed E-state index contributed by atoms with van der Waals surface area (Å²) >= 11 is 12.2. The Hall–Kier alpha value is -1.84. The average Bonchev–Trinajstić information content (AvgIpc) is 2.61. The van der Waals surface area contributed by atoms with E-state index < -0.39 is 0 Å². The van der Waals surface area contributed by atoms with Crippen LogP contribution in [-0.2, 0) is 11.3 Å². The molecule has 0 N–H and O–H groups in total. The minimum Gasteiger partial charge on any atom is -0.306 e. The van der Waals surface area contributed by atoms with Gasteiger partial charge in [-0.2, -0.15) is 0 Å². The first-order valence-electron chi connectivity index (χ1n) is 6.49. The largest absolute Gasteiger partial charge is 0.306 e. The van der Waals surface area contributed by atoms with Crippen molar-refractivity contribution in [2.45, 2.75) is 6.54 Å². The molecule has 1 amide bonds. The lowest BCUT2D eigenvalue weighted by Crippen LogP contribution is -2.31. The van der Waals surface area contributed by atoms with E-state index in [0.717, 1.165) is 11.3 Å². The molecule has 0 atom stereocenters. The summed E-state index contributed by atoms with van der Waals surface area (Å²) in [6.45, 7) is 0.520. The van der Waals surface area contributed by atoms with E-state index in [-0.39, 0.29) is 12.5 Å². The number of aliphatic imine (C=N–C) groups is 1. The van der Waals surface area contributed by atoms with Crippen LogP contribution < -0.4 is 4.90 Å². The second-order valence-corrected chi connectivity index (χ2v) is 5.53. The average molecular weight is 319 g/mol. The van der Waals surface area contributed by atoms with E-state index in [1.807, 2.05) is 36.4 Å². The highest BCUT2D eigenvalue weighted by atomic mass is 35.5. The van der Waals surface area contributed by atoms with Crippen molar-refractivity contribution >= 4 is 40.0 Å². The molecule has 0 aromatic heterocycles. The Morgan fingerprint density at radius 1 is 1.10 bits per heavy atom. The number of halogens is 2. The lowest BCUT2D eigenvalue weighted by atomic mass is 10.1. The highest BCUT2D eigenvalue weighted by Crippen LogP contribution is 2.29. The van der Waals surface area contributed by atoms with Gasteiger partial charge in [0.15, 0.2) is 0 Å². The maximum Gasteiger partial charge on any atom is 0.249 e. The predicted molar refractivity (Wildman–Crippen MR) is 86.3 cm³/mol. The van der Waals surface area contributed by atoms with E-state index >= 15 is 0 Å². The molecule has 1 aliphatic heterocycles. The number of nitrogens with zero attached hydrogens (tertiary/aromatic N) is 2. The summed E-state index contributed by atoms with van der Waals surface area (Å²) in [7, 11) is 0. The Morgan fingerprint density at radius 2 is 1.86 bits per heavy atom. The van der Waals surface area contributed by atoms with Crippen LogP contribution in [0.5, 0.6) is 0 Å². The van der Waals surface area contributed by atoms with Crippen molar-refractivity contribution in [1.82, 2.24) is 0 Å². The van der Waals surface area contributed by atoms with Crippen LogP contribution in [0.1, 0.15) is 11.1 Å². The van der Waals surface area contributed by atoms with Gasteiger partial charge in [-0.05, 0) is 23.8 Å². The third-order valence-corrected chi connectivity index (χ3v) is 3.87. The van der Waals surface area contributed by atoms with Gasteiger partial charge < -0.3 is 4.90 Å². The van der Waals surface area contributed by atoms with Crippen molar-refractivity contribution in [3.05, 3.63) is 64.7 Å². The van der Waals surface area contributed by atoms with Crippen LogP contribution >= 0.6 is 23.2 Å². The van der Waals surface area contributed by atoms with Crippen molar-refractivity contribution < 1.29 is 4.79 Å². The summed E-state index contributed by atoms with van der Waals surface area (Å²) in [5.41, 5.74) is 2.47. The molecule has 3 rings (SSSR count). The first kappa shape index (κ1) is 14.1. The smallest absolute Gasteiger partial charge is 0.249 e. The molecule has 21 heavy (non-hydrogen) atoms. The van der Waals surface area contributed by atoms with Gasteiger partial charge in [0.25, 0.3) is 0 Å². The number of benzodiazepines with no additional fused rings is 1. The molecule has 2 aromatic carbocycles. The summed E-state index contributed by atoms with van der Waals surface area (Å²) < 4.78 is 0. The first-order chi connectivity index (χ1) is 10.1. The summed E-state index contributed by atoms with van der Waals surface area (Å²) in [6.07, 6.45) is 0. The lowest BCUT2D eigenvalue weighted by molar-refractivity contribution is -0.117. The van der Waals surface area contributed by atoms with Gasteiger partial charge in [0.2, 0.25) is 5.91 Å². The fourth-order valence-corrected chi connectivity index (χ4v) is 2.67. The molecule has 0 radical (unpaired) electrons. The highest BCUT2D eigenvalue weighted by Gasteiger charge is 2.24. The van der Waals surface area contributed by atoms with Crippen LogP contribution in [0.15, 0.2) is 53.5 Å². The normalized spacial score (nSPS) is 14.5. The summed E-state index contributed by atoms with van der Waals surface area (Å²) in [5, 5.41) is 0.882. The fourth-order valence-electron chi connectivity index (χ4n) is 2.29. The Labute approximate surface area is 132 Å². The minimum absolute atomic E-state index is 0.0396. The van der Waals surface area contributed by atoms with Gasteiger partial charge in [-0.15, -0.1) is 0 Å². The second kappa shape index (κ2) is 5.88. The Bertz CT molecular complexity index is 713.